The molecule has 2 bridgehead atoms. The summed E-state index contributed by atoms with van der Waals surface area (Å²) in [5.74, 6) is 0.288. The molecule has 0 N–H and O–H groups in total. The highest BCUT2D eigenvalue weighted by Gasteiger charge is 2.45. The molecule has 3 heterocycles. The van der Waals surface area contributed by atoms with E-state index in [9.17, 15) is 9.59 Å². The first-order chi connectivity index (χ1) is 14.7. The average Bonchev–Trinajstić information content (AvgIpc) is 3.22. The fourth-order valence-corrected chi connectivity index (χ4v) is 4.10. The summed E-state index contributed by atoms with van der Waals surface area (Å²) in [6, 6.07) is 16.7. The molecule has 1 saturated heterocycles. The lowest BCUT2D eigenvalue weighted by molar-refractivity contribution is -0.122. The number of ether oxygens (including phenoxy) is 1. The minimum atomic E-state index is -0.597. The molecule has 0 radical (unpaired) electrons. The summed E-state index contributed by atoms with van der Waals surface area (Å²) in [6.45, 7) is 0.745. The van der Waals surface area contributed by atoms with E-state index in [0.29, 0.717) is 30.8 Å². The lowest BCUT2D eigenvalue weighted by Gasteiger charge is -2.31. The Morgan fingerprint density at radius 3 is 2.57 bits per heavy atom. The van der Waals surface area contributed by atoms with E-state index < -0.39 is 6.04 Å². The van der Waals surface area contributed by atoms with Crippen LogP contribution in [0.25, 0.3) is 0 Å². The Balaban J connectivity index is 1.53. The molecular formula is C23H20N4O3. The highest BCUT2D eigenvalue weighted by molar-refractivity contribution is 6.03. The van der Waals surface area contributed by atoms with E-state index in [2.05, 4.69) is 9.97 Å². The van der Waals surface area contributed by atoms with E-state index in [1.807, 2.05) is 54.6 Å². The topological polar surface area (TPSA) is 75.6 Å². The third-order valence-corrected chi connectivity index (χ3v) is 5.52. The Hall–Kier alpha value is -3.74. The molecule has 150 valence electrons. The van der Waals surface area contributed by atoms with Crippen molar-refractivity contribution in [2.24, 2.45) is 0 Å². The third-order valence-electron chi connectivity index (χ3n) is 5.52. The fourth-order valence-electron chi connectivity index (χ4n) is 4.10. The number of hydrogen-bond donors (Lipinski definition) is 0. The first-order valence-corrected chi connectivity index (χ1v) is 9.87. The van der Waals surface area contributed by atoms with Gasteiger partial charge in [0.05, 0.1) is 24.3 Å². The fraction of sp³-hybridized carbons (Fsp3) is 0.217. The van der Waals surface area contributed by atoms with E-state index >= 15 is 0 Å². The number of aromatic nitrogens is 2. The van der Waals surface area contributed by atoms with E-state index in [0.717, 1.165) is 11.3 Å². The Kier molecular flexibility index (Phi) is 4.63. The van der Waals surface area contributed by atoms with Crippen LogP contribution >= 0.6 is 0 Å². The van der Waals surface area contributed by atoms with Crippen molar-refractivity contribution >= 4 is 17.5 Å². The maximum Gasteiger partial charge on any atom is 0.257 e. The van der Waals surface area contributed by atoms with Gasteiger partial charge in [0.25, 0.3) is 5.91 Å². The van der Waals surface area contributed by atoms with Gasteiger partial charge in [0.2, 0.25) is 5.91 Å². The zero-order valence-electron chi connectivity index (χ0n) is 16.2. The van der Waals surface area contributed by atoms with Crippen LogP contribution in [-0.4, -0.2) is 45.4 Å². The van der Waals surface area contributed by atoms with Crippen molar-refractivity contribution in [3.63, 3.8) is 0 Å². The summed E-state index contributed by atoms with van der Waals surface area (Å²) in [4.78, 5) is 38.0. The highest BCUT2D eigenvalue weighted by atomic mass is 16.5. The van der Waals surface area contributed by atoms with Crippen LogP contribution in [0.3, 0.4) is 0 Å². The maximum atomic E-state index is 13.7. The van der Waals surface area contributed by atoms with Gasteiger partial charge < -0.3 is 14.5 Å². The molecule has 2 atom stereocenters. The third kappa shape index (κ3) is 3.28. The van der Waals surface area contributed by atoms with Crippen molar-refractivity contribution in [1.29, 1.82) is 0 Å². The van der Waals surface area contributed by atoms with E-state index in [4.69, 9.17) is 4.74 Å². The molecule has 0 spiro atoms. The molecular weight excluding hydrogens is 380 g/mol. The summed E-state index contributed by atoms with van der Waals surface area (Å²) in [5.41, 5.74) is 2.09. The maximum absolute atomic E-state index is 13.7. The summed E-state index contributed by atoms with van der Waals surface area (Å²) in [7, 11) is 0. The van der Waals surface area contributed by atoms with Crippen LogP contribution in [0.15, 0.2) is 73.3 Å². The predicted octanol–water partition coefficient (Wildman–Crippen LogP) is 2.69. The molecule has 1 aromatic heterocycles. The largest absolute Gasteiger partial charge is 0.486 e. The van der Waals surface area contributed by atoms with Crippen LogP contribution in [0.4, 0.5) is 5.69 Å². The van der Waals surface area contributed by atoms with E-state index in [-0.39, 0.29) is 17.9 Å². The van der Waals surface area contributed by atoms with Crippen molar-refractivity contribution in [3.8, 4) is 5.75 Å². The van der Waals surface area contributed by atoms with Crippen LogP contribution in [0.5, 0.6) is 5.75 Å². The van der Waals surface area contributed by atoms with Gasteiger partial charge in [0.15, 0.2) is 0 Å². The minimum absolute atomic E-state index is 0.109. The minimum Gasteiger partial charge on any atom is -0.486 e. The molecule has 2 aliphatic rings. The van der Waals surface area contributed by atoms with Gasteiger partial charge in [-0.1, -0.05) is 42.5 Å². The Morgan fingerprint density at radius 1 is 1.03 bits per heavy atom. The second kappa shape index (κ2) is 7.59. The molecule has 5 rings (SSSR count). The number of nitrogens with zero attached hydrogens (tertiary/aromatic N) is 4. The first kappa shape index (κ1) is 18.3. The zero-order valence-corrected chi connectivity index (χ0v) is 16.2. The van der Waals surface area contributed by atoms with Crippen LogP contribution in [0.1, 0.15) is 22.3 Å². The standard InChI is InChI=1S/C23H20N4O3/c28-22(17-11-24-15-25-12-17)27-14-18-10-20(27)23(29)26(13-16-6-2-1-3-7-16)19-8-4-5-9-21(19)30-18/h1-9,11-12,15,18,20H,10,13-14H2. The van der Waals surface area contributed by atoms with Gasteiger partial charge >= 0.3 is 0 Å². The van der Waals surface area contributed by atoms with Crippen LogP contribution in [-0.2, 0) is 11.3 Å². The normalized spacial score (nSPS) is 20.2. The molecule has 7 nitrogen and oxygen atoms in total. The second-order valence-electron chi connectivity index (χ2n) is 7.45. The summed E-state index contributed by atoms with van der Waals surface area (Å²) < 4.78 is 6.24. The van der Waals surface area contributed by atoms with Gasteiger partial charge in [-0.2, -0.15) is 0 Å². The van der Waals surface area contributed by atoms with Gasteiger partial charge in [-0.25, -0.2) is 9.97 Å². The predicted molar refractivity (Wildman–Crippen MR) is 110 cm³/mol. The molecule has 0 saturated carbocycles. The number of fused-ring (bicyclic) bond motifs is 3. The van der Waals surface area contributed by atoms with Gasteiger partial charge in [0, 0.05) is 18.8 Å². The lowest BCUT2D eigenvalue weighted by atomic mass is 10.1. The quantitative estimate of drug-likeness (QED) is 0.676. The number of amides is 2. The number of para-hydroxylation sites is 2. The van der Waals surface area contributed by atoms with Crippen LogP contribution in [0.2, 0.25) is 0 Å². The molecule has 7 heteroatoms. The summed E-state index contributed by atoms with van der Waals surface area (Å²) >= 11 is 0. The van der Waals surface area contributed by atoms with Gasteiger partial charge in [-0.15, -0.1) is 0 Å². The highest BCUT2D eigenvalue weighted by Crippen LogP contribution is 2.37. The average molecular weight is 400 g/mol. The summed E-state index contributed by atoms with van der Waals surface area (Å²) in [5, 5.41) is 0. The molecule has 0 aliphatic carbocycles. The van der Waals surface area contributed by atoms with Crippen molar-refractivity contribution in [3.05, 3.63) is 84.4 Å². The second-order valence-corrected chi connectivity index (χ2v) is 7.45. The molecule has 2 aromatic carbocycles. The number of carbonyl (C=O) groups is 2. The number of anilines is 1. The smallest absolute Gasteiger partial charge is 0.257 e. The summed E-state index contributed by atoms with van der Waals surface area (Å²) in [6.07, 6.45) is 4.54. The number of hydrogen-bond acceptors (Lipinski definition) is 5. The van der Waals surface area contributed by atoms with Gasteiger partial charge in [-0.3, -0.25) is 9.59 Å². The van der Waals surface area contributed by atoms with Crippen LogP contribution in [0, 0.1) is 0 Å². The monoisotopic (exact) mass is 400 g/mol. The number of likely N-dealkylation sites (tertiary alicyclic amines) is 1. The molecule has 2 amide bonds. The van der Waals surface area contributed by atoms with Gasteiger partial charge in [0.1, 0.15) is 24.2 Å². The Bertz CT molecular complexity index is 1070. The number of carbonyl (C=O) groups excluding carboxylic acids is 2. The molecule has 1 fully saturated rings. The molecule has 3 aromatic rings. The molecule has 2 aliphatic heterocycles. The van der Waals surface area contributed by atoms with Gasteiger partial charge in [-0.05, 0) is 17.7 Å². The SMILES string of the molecule is O=C1C2CC(CN2C(=O)c2cncnc2)Oc2ccccc2N1Cc1ccccc1. The first-order valence-electron chi connectivity index (χ1n) is 9.87. The van der Waals surface area contributed by atoms with E-state index in [1.54, 1.807) is 9.80 Å². The van der Waals surface area contributed by atoms with Crippen molar-refractivity contribution in [2.75, 3.05) is 11.4 Å². The Labute approximate surface area is 173 Å². The van der Waals surface area contributed by atoms with Crippen LogP contribution < -0.4 is 9.64 Å². The molecule has 30 heavy (non-hydrogen) atoms. The Morgan fingerprint density at radius 2 is 1.77 bits per heavy atom. The number of rotatable bonds is 3. The lowest BCUT2D eigenvalue weighted by Crippen LogP contribution is -2.47. The van der Waals surface area contributed by atoms with Crippen molar-refractivity contribution < 1.29 is 14.3 Å². The van der Waals surface area contributed by atoms with Crippen molar-refractivity contribution in [2.45, 2.75) is 25.1 Å². The van der Waals surface area contributed by atoms with E-state index in [1.165, 1.54) is 18.7 Å². The zero-order chi connectivity index (χ0) is 20.5. The van der Waals surface area contributed by atoms with Crippen molar-refractivity contribution in [1.82, 2.24) is 14.9 Å². The molecule has 2 unspecified atom stereocenters. The number of benzene rings is 2.